The molecule has 0 fully saturated rings. The number of hydrogen-bond donors (Lipinski definition) is 1. The van der Waals surface area contributed by atoms with Crippen LogP contribution in [0.4, 0.5) is 0 Å². The molecule has 10 heteroatoms. The Morgan fingerprint density at radius 1 is 0.545 bits per heavy atom. The van der Waals surface area contributed by atoms with E-state index in [-0.39, 0.29) is 32.0 Å². The number of ether oxygens (including phenoxy) is 2. The van der Waals surface area contributed by atoms with Crippen molar-refractivity contribution in [3.8, 4) is 0 Å². The summed E-state index contributed by atoms with van der Waals surface area (Å²) in [6, 6.07) is 0. The molecule has 0 spiro atoms. The normalized spacial score (nSPS) is 14.1. The zero-order chi connectivity index (χ0) is 40.9. The summed E-state index contributed by atoms with van der Waals surface area (Å²) in [6.45, 7) is 6.63. The van der Waals surface area contributed by atoms with Gasteiger partial charge in [-0.3, -0.25) is 18.6 Å². The Morgan fingerprint density at radius 2 is 0.964 bits per heavy atom. The van der Waals surface area contributed by atoms with E-state index in [0.717, 1.165) is 25.7 Å². The molecule has 0 aliphatic rings. The highest BCUT2D eigenvalue weighted by Gasteiger charge is 2.27. The van der Waals surface area contributed by atoms with Gasteiger partial charge in [0.1, 0.15) is 19.8 Å². The Hall–Kier alpha value is -0.990. The van der Waals surface area contributed by atoms with E-state index in [1.54, 1.807) is 0 Å². The fraction of sp³-hybridized carbons (Fsp3) is 0.956. The van der Waals surface area contributed by atoms with Crippen molar-refractivity contribution in [2.45, 2.75) is 226 Å². The molecule has 0 rings (SSSR count). The molecule has 0 aromatic carbocycles. The Balaban J connectivity index is 4.40. The average Bonchev–Trinajstić information content (AvgIpc) is 3.13. The van der Waals surface area contributed by atoms with Gasteiger partial charge in [-0.15, -0.1) is 0 Å². The maximum absolute atomic E-state index is 12.7. The van der Waals surface area contributed by atoms with Crippen LogP contribution in [-0.2, 0) is 32.7 Å². The molecule has 0 radical (unpaired) electrons. The molecule has 1 N–H and O–H groups in total. The van der Waals surface area contributed by atoms with Crippen molar-refractivity contribution >= 4 is 19.8 Å². The molecule has 9 nitrogen and oxygen atoms in total. The minimum Gasteiger partial charge on any atom is -0.462 e. The van der Waals surface area contributed by atoms with Crippen LogP contribution in [0.5, 0.6) is 0 Å². The number of carbonyl (C=O) groups excluding carboxylic acids is 2. The lowest BCUT2D eigenvalue weighted by Gasteiger charge is -2.24. The van der Waals surface area contributed by atoms with Crippen LogP contribution >= 0.6 is 7.82 Å². The molecule has 0 heterocycles. The molecule has 0 saturated heterocycles. The quantitative estimate of drug-likeness (QED) is 0.0281. The van der Waals surface area contributed by atoms with Gasteiger partial charge in [0.2, 0.25) is 0 Å². The number of nitrogens with zero attached hydrogens (tertiary/aromatic N) is 1. The van der Waals surface area contributed by atoms with Gasteiger partial charge >= 0.3 is 19.8 Å². The topological polar surface area (TPSA) is 108 Å². The Kier molecular flexibility index (Phi) is 36.6. The molecule has 0 amide bonds. The van der Waals surface area contributed by atoms with E-state index in [4.69, 9.17) is 18.5 Å². The molecular weight excluding hydrogens is 713 g/mol. The molecule has 3 atom stereocenters. The number of unbranched alkanes of at least 4 members (excludes halogenated alkanes) is 25. The minimum atomic E-state index is -4.37. The van der Waals surface area contributed by atoms with Crippen LogP contribution in [0.25, 0.3) is 0 Å². The van der Waals surface area contributed by atoms with E-state index in [9.17, 15) is 19.0 Å². The SMILES string of the molecule is CCCCCCCCCCCCCCCCCC(=O)O[C@H](COC(=O)CCC(C)CCCCCCCCCCCCCC)COP(=O)(O)OCC[N+](C)(C)C. The molecule has 0 aromatic rings. The highest BCUT2D eigenvalue weighted by Crippen LogP contribution is 2.43. The molecule has 55 heavy (non-hydrogen) atoms. The fourth-order valence-electron chi connectivity index (χ4n) is 6.75. The molecule has 2 unspecified atom stereocenters. The number of likely N-dealkylation sites (N-methyl/N-ethyl adjacent to an activating group) is 1. The maximum Gasteiger partial charge on any atom is 0.472 e. The first-order valence-electron chi connectivity index (χ1n) is 23.2. The third-order valence-corrected chi connectivity index (χ3v) is 11.5. The van der Waals surface area contributed by atoms with Crippen LogP contribution in [0.3, 0.4) is 0 Å². The Bertz CT molecular complexity index is 927. The van der Waals surface area contributed by atoms with E-state index in [1.165, 1.54) is 154 Å². The largest absolute Gasteiger partial charge is 0.472 e. The second-order valence-corrected chi connectivity index (χ2v) is 18.9. The molecule has 0 bridgehead atoms. The van der Waals surface area contributed by atoms with E-state index in [0.29, 0.717) is 23.4 Å². The van der Waals surface area contributed by atoms with Crippen LogP contribution in [0.2, 0.25) is 0 Å². The van der Waals surface area contributed by atoms with Gasteiger partial charge in [-0.05, 0) is 18.8 Å². The van der Waals surface area contributed by atoms with Gasteiger partial charge in [-0.25, -0.2) is 4.57 Å². The summed E-state index contributed by atoms with van der Waals surface area (Å²) in [5.74, 6) is -0.364. The number of rotatable bonds is 42. The number of hydrogen-bond acceptors (Lipinski definition) is 7. The Labute approximate surface area is 340 Å². The van der Waals surface area contributed by atoms with Crippen LogP contribution in [0.1, 0.15) is 220 Å². The second kappa shape index (κ2) is 37.3. The lowest BCUT2D eigenvalue weighted by Crippen LogP contribution is -2.37. The number of quaternary nitrogens is 1. The van der Waals surface area contributed by atoms with Crippen molar-refractivity contribution in [1.29, 1.82) is 0 Å². The van der Waals surface area contributed by atoms with Gasteiger partial charge in [-0.2, -0.15) is 0 Å². The van der Waals surface area contributed by atoms with Gasteiger partial charge in [0.15, 0.2) is 6.10 Å². The first kappa shape index (κ1) is 54.0. The maximum atomic E-state index is 12.7. The molecule has 0 saturated carbocycles. The average molecular weight is 805 g/mol. The van der Waals surface area contributed by atoms with Crippen molar-refractivity contribution in [3.05, 3.63) is 0 Å². The van der Waals surface area contributed by atoms with Gasteiger partial charge < -0.3 is 18.9 Å². The number of phosphoric ester groups is 1. The van der Waals surface area contributed by atoms with E-state index >= 15 is 0 Å². The lowest BCUT2D eigenvalue weighted by atomic mass is 9.97. The van der Waals surface area contributed by atoms with E-state index in [1.807, 2.05) is 21.1 Å². The highest BCUT2D eigenvalue weighted by molar-refractivity contribution is 7.47. The standard InChI is InChI=1S/C45H90NO8P/c1-7-9-11-13-15-17-19-21-22-23-25-27-29-31-33-35-45(48)54-43(41-53-55(49,50)52-39-38-46(4,5)6)40-51-44(47)37-36-42(3)34-32-30-28-26-24-20-18-16-14-12-10-8-2/h42-43H,7-41H2,1-6H3/p+1/t42?,43-/m1/s1. The third kappa shape index (κ3) is 41.0. The molecular formula is C45H91NO8P+. The summed E-state index contributed by atoms with van der Waals surface area (Å²) in [6.07, 6.45) is 36.0. The summed E-state index contributed by atoms with van der Waals surface area (Å²) < 4.78 is 34.5. The Morgan fingerprint density at radius 3 is 1.40 bits per heavy atom. The first-order chi connectivity index (χ1) is 26.4. The molecule has 328 valence electrons. The summed E-state index contributed by atoms with van der Waals surface area (Å²) in [7, 11) is 1.49. The van der Waals surface area contributed by atoms with Crippen LogP contribution in [0, 0.1) is 5.92 Å². The van der Waals surface area contributed by atoms with E-state index < -0.39 is 26.5 Å². The predicted molar refractivity (Wildman–Crippen MR) is 229 cm³/mol. The number of phosphoric acid groups is 1. The zero-order valence-corrected chi connectivity index (χ0v) is 38.0. The van der Waals surface area contributed by atoms with Gasteiger partial charge in [0, 0.05) is 12.8 Å². The van der Waals surface area contributed by atoms with Crippen molar-refractivity contribution in [3.63, 3.8) is 0 Å². The lowest BCUT2D eigenvalue weighted by molar-refractivity contribution is -0.870. The summed E-state index contributed by atoms with van der Waals surface area (Å²) in [5.41, 5.74) is 0. The van der Waals surface area contributed by atoms with Crippen LogP contribution < -0.4 is 0 Å². The number of esters is 2. The zero-order valence-electron chi connectivity index (χ0n) is 37.1. The van der Waals surface area contributed by atoms with Crippen LogP contribution in [-0.4, -0.2) is 74.9 Å². The van der Waals surface area contributed by atoms with Gasteiger partial charge in [0.25, 0.3) is 0 Å². The highest BCUT2D eigenvalue weighted by atomic mass is 31.2. The fourth-order valence-corrected chi connectivity index (χ4v) is 7.49. The molecule has 0 aliphatic heterocycles. The molecule has 0 aromatic heterocycles. The smallest absolute Gasteiger partial charge is 0.462 e. The van der Waals surface area contributed by atoms with E-state index in [2.05, 4.69) is 20.8 Å². The minimum absolute atomic E-state index is 0.0351. The third-order valence-electron chi connectivity index (χ3n) is 10.5. The van der Waals surface area contributed by atoms with Crippen molar-refractivity contribution in [2.75, 3.05) is 47.5 Å². The second-order valence-electron chi connectivity index (χ2n) is 17.4. The summed E-state index contributed by atoms with van der Waals surface area (Å²) >= 11 is 0. The van der Waals surface area contributed by atoms with Crippen molar-refractivity contribution < 1.29 is 42.1 Å². The monoisotopic (exact) mass is 805 g/mol. The van der Waals surface area contributed by atoms with Gasteiger partial charge in [0.05, 0.1) is 27.7 Å². The summed E-state index contributed by atoms with van der Waals surface area (Å²) in [5, 5.41) is 0. The van der Waals surface area contributed by atoms with Crippen LogP contribution in [0.15, 0.2) is 0 Å². The number of carbonyl (C=O) groups is 2. The summed E-state index contributed by atoms with van der Waals surface area (Å²) in [4.78, 5) is 35.6. The first-order valence-corrected chi connectivity index (χ1v) is 24.7. The van der Waals surface area contributed by atoms with Gasteiger partial charge in [-0.1, -0.05) is 194 Å². The predicted octanol–water partition coefficient (Wildman–Crippen LogP) is 13.1. The van der Waals surface area contributed by atoms with Crippen molar-refractivity contribution in [2.24, 2.45) is 5.92 Å². The van der Waals surface area contributed by atoms with Crippen molar-refractivity contribution in [1.82, 2.24) is 0 Å². The molecule has 0 aliphatic carbocycles.